The van der Waals surface area contributed by atoms with Gasteiger partial charge in [-0.3, -0.25) is 9.55 Å². The molecule has 1 saturated heterocycles. The first kappa shape index (κ1) is 12.4. The smallest absolute Gasteiger partial charge is 0.328 e. The zero-order valence-electron chi connectivity index (χ0n) is 9.24. The van der Waals surface area contributed by atoms with Gasteiger partial charge < -0.3 is 14.9 Å². The maximum Gasteiger partial charge on any atom is 0.328 e. The van der Waals surface area contributed by atoms with Gasteiger partial charge in [-0.2, -0.15) is 0 Å². The first-order valence-electron chi connectivity index (χ1n) is 5.30. The van der Waals surface area contributed by atoms with Crippen molar-refractivity contribution in [1.82, 2.24) is 9.55 Å². The Hall–Kier alpha value is -1.02. The summed E-state index contributed by atoms with van der Waals surface area (Å²) in [4.78, 5) is 14.2. The van der Waals surface area contributed by atoms with E-state index >= 15 is 0 Å². The quantitative estimate of drug-likeness (QED) is 0.639. The van der Waals surface area contributed by atoms with E-state index in [9.17, 15) is 9.90 Å². The van der Waals surface area contributed by atoms with Crippen molar-refractivity contribution < 1.29 is 14.9 Å². The molecule has 0 saturated carbocycles. The molecule has 4 unspecified atom stereocenters. The lowest BCUT2D eigenvalue weighted by molar-refractivity contribution is -0.0476. The molecular weight excluding hydrogens is 244 g/mol. The number of aliphatic hydroxyl groups excluding tert-OH is 2. The molecule has 0 radical (unpaired) electrons. The van der Waals surface area contributed by atoms with Gasteiger partial charge in [-0.25, -0.2) is 4.79 Å². The number of nitrogens with zero attached hydrogens (tertiary/aromatic N) is 1. The van der Waals surface area contributed by atoms with Crippen LogP contribution in [0.5, 0.6) is 0 Å². The zero-order chi connectivity index (χ0) is 12.6. The van der Waals surface area contributed by atoms with E-state index in [4.69, 9.17) is 22.1 Å². The lowest BCUT2D eigenvalue weighted by atomic mass is 10.0. The van der Waals surface area contributed by atoms with Gasteiger partial charge in [0.15, 0.2) is 0 Å². The van der Waals surface area contributed by atoms with Crippen LogP contribution in [0.15, 0.2) is 17.1 Å². The Kier molecular flexibility index (Phi) is 3.43. The summed E-state index contributed by atoms with van der Waals surface area (Å²) >= 11 is 4.83. The van der Waals surface area contributed by atoms with Gasteiger partial charge in [0.25, 0.3) is 0 Å². The molecule has 4 atom stereocenters. The highest BCUT2D eigenvalue weighted by Crippen LogP contribution is 2.33. The molecular formula is C10H14N2O4S. The first-order valence-corrected chi connectivity index (χ1v) is 5.71. The second kappa shape index (κ2) is 4.69. The van der Waals surface area contributed by atoms with Gasteiger partial charge in [0.05, 0.1) is 12.7 Å². The average molecular weight is 258 g/mol. The molecule has 3 N–H and O–H groups in total. The number of rotatable bonds is 2. The van der Waals surface area contributed by atoms with Crippen LogP contribution in [0.25, 0.3) is 0 Å². The summed E-state index contributed by atoms with van der Waals surface area (Å²) in [6.07, 6.45) is -0.527. The second-order valence-corrected chi connectivity index (χ2v) is 4.55. The minimum Gasteiger partial charge on any atom is -0.394 e. The molecule has 17 heavy (non-hydrogen) atoms. The van der Waals surface area contributed by atoms with Crippen molar-refractivity contribution in [2.75, 3.05) is 6.61 Å². The van der Waals surface area contributed by atoms with Gasteiger partial charge in [0, 0.05) is 12.1 Å². The molecule has 0 amide bonds. The third-order valence-electron chi connectivity index (χ3n) is 2.99. The van der Waals surface area contributed by atoms with Gasteiger partial charge in [-0.15, -0.1) is 0 Å². The van der Waals surface area contributed by atoms with Crippen LogP contribution in [-0.2, 0) is 4.74 Å². The fraction of sp³-hybridized carbons (Fsp3) is 0.600. The summed E-state index contributed by atoms with van der Waals surface area (Å²) in [5.41, 5.74) is -0.389. The highest BCUT2D eigenvalue weighted by atomic mass is 32.1. The van der Waals surface area contributed by atoms with Crippen LogP contribution in [0, 0.1) is 10.6 Å². The third-order valence-corrected chi connectivity index (χ3v) is 3.23. The Balaban J connectivity index is 2.35. The number of aliphatic hydroxyl groups is 2. The average Bonchev–Trinajstić information content (AvgIpc) is 2.57. The molecule has 7 heteroatoms. The number of aromatic nitrogens is 2. The van der Waals surface area contributed by atoms with Crippen LogP contribution < -0.4 is 5.69 Å². The predicted octanol–water partition coefficient (Wildman–Crippen LogP) is -0.207. The molecule has 1 fully saturated rings. The Morgan fingerprint density at radius 2 is 2.35 bits per heavy atom. The van der Waals surface area contributed by atoms with Crippen molar-refractivity contribution >= 4 is 12.2 Å². The topological polar surface area (TPSA) is 87.5 Å². The number of ether oxygens (including phenoxy) is 1. The molecule has 0 bridgehead atoms. The van der Waals surface area contributed by atoms with Crippen molar-refractivity contribution in [3.8, 4) is 0 Å². The largest absolute Gasteiger partial charge is 0.394 e. The summed E-state index contributed by atoms with van der Waals surface area (Å²) in [5, 5.41) is 18.8. The monoisotopic (exact) mass is 258 g/mol. The summed E-state index contributed by atoms with van der Waals surface area (Å²) in [7, 11) is 0. The van der Waals surface area contributed by atoms with Crippen molar-refractivity contribution in [1.29, 1.82) is 0 Å². The van der Waals surface area contributed by atoms with E-state index in [1.54, 1.807) is 13.0 Å². The second-order valence-electron chi connectivity index (χ2n) is 4.11. The highest BCUT2D eigenvalue weighted by molar-refractivity contribution is 7.71. The lowest BCUT2D eigenvalue weighted by Crippen LogP contribution is -2.30. The van der Waals surface area contributed by atoms with Crippen LogP contribution in [0.3, 0.4) is 0 Å². The predicted molar refractivity (Wildman–Crippen MR) is 62.1 cm³/mol. The van der Waals surface area contributed by atoms with Crippen LogP contribution >= 0.6 is 12.2 Å². The minimum absolute atomic E-state index is 0.278. The van der Waals surface area contributed by atoms with Crippen molar-refractivity contribution in [3.05, 3.63) is 27.4 Å². The van der Waals surface area contributed by atoms with Crippen LogP contribution in [0.4, 0.5) is 0 Å². The normalized spacial score (nSPS) is 32.9. The van der Waals surface area contributed by atoms with Crippen molar-refractivity contribution in [2.24, 2.45) is 5.92 Å². The molecule has 0 aromatic carbocycles. The number of H-pyrrole nitrogens is 1. The first-order chi connectivity index (χ1) is 8.04. The number of aromatic amines is 1. The van der Waals surface area contributed by atoms with Crippen LogP contribution in [0.1, 0.15) is 13.2 Å². The minimum atomic E-state index is -0.792. The molecule has 1 aromatic rings. The molecule has 0 aliphatic carbocycles. The summed E-state index contributed by atoms with van der Waals surface area (Å²) < 4.78 is 7.13. The molecule has 1 aliphatic heterocycles. The van der Waals surface area contributed by atoms with E-state index in [0.717, 1.165) is 0 Å². The van der Waals surface area contributed by atoms with E-state index in [-0.39, 0.29) is 18.2 Å². The highest BCUT2D eigenvalue weighted by Gasteiger charge is 2.41. The molecule has 1 aromatic heterocycles. The standard InChI is InChI=1S/C10H14N2O4S/c1-5-8(14)6(4-13)16-9(5)12-3-2-7(17)11-10(12)15/h2-3,5-6,8-9,13-14H,4H2,1H3,(H,11,15,17). The van der Waals surface area contributed by atoms with E-state index in [1.165, 1.54) is 10.8 Å². The number of hydrogen-bond donors (Lipinski definition) is 3. The Morgan fingerprint density at radius 3 is 2.88 bits per heavy atom. The van der Waals surface area contributed by atoms with Gasteiger partial charge in [-0.1, -0.05) is 19.1 Å². The molecule has 1 aliphatic rings. The number of nitrogens with one attached hydrogen (secondary N) is 1. The van der Waals surface area contributed by atoms with E-state index in [0.29, 0.717) is 4.64 Å². The van der Waals surface area contributed by atoms with E-state index in [2.05, 4.69) is 4.98 Å². The van der Waals surface area contributed by atoms with Crippen LogP contribution in [0.2, 0.25) is 0 Å². The Bertz CT molecular complexity index is 512. The van der Waals surface area contributed by atoms with Gasteiger partial charge >= 0.3 is 5.69 Å². The summed E-state index contributed by atoms with van der Waals surface area (Å²) in [6, 6.07) is 1.57. The van der Waals surface area contributed by atoms with Crippen molar-refractivity contribution in [3.63, 3.8) is 0 Å². The lowest BCUT2D eigenvalue weighted by Gasteiger charge is -2.17. The molecule has 2 rings (SSSR count). The molecule has 94 valence electrons. The third kappa shape index (κ3) is 2.19. The van der Waals surface area contributed by atoms with Gasteiger partial charge in [-0.05, 0) is 6.07 Å². The SMILES string of the molecule is CC1C(O)C(CO)OC1n1ccc(=S)[nH]c1=O. The maximum atomic E-state index is 11.7. The fourth-order valence-electron chi connectivity index (χ4n) is 1.99. The molecule has 2 heterocycles. The van der Waals surface area contributed by atoms with E-state index < -0.39 is 18.4 Å². The summed E-state index contributed by atoms with van der Waals surface area (Å²) in [6.45, 7) is 1.48. The van der Waals surface area contributed by atoms with Gasteiger partial charge in [0.1, 0.15) is 17.0 Å². The number of hydrogen-bond acceptors (Lipinski definition) is 5. The Labute approximate surface area is 102 Å². The van der Waals surface area contributed by atoms with Crippen LogP contribution in [-0.4, -0.2) is 38.6 Å². The zero-order valence-corrected chi connectivity index (χ0v) is 10.1. The fourth-order valence-corrected chi connectivity index (χ4v) is 2.14. The van der Waals surface area contributed by atoms with E-state index in [1.807, 2.05) is 0 Å². The Morgan fingerprint density at radius 1 is 1.65 bits per heavy atom. The maximum absolute atomic E-state index is 11.7. The van der Waals surface area contributed by atoms with Crippen molar-refractivity contribution in [2.45, 2.75) is 25.4 Å². The molecule has 6 nitrogen and oxygen atoms in total. The molecule has 0 spiro atoms. The van der Waals surface area contributed by atoms with Gasteiger partial charge in [0.2, 0.25) is 0 Å². The summed E-state index contributed by atoms with van der Waals surface area (Å²) in [5.74, 6) is -0.283.